The van der Waals surface area contributed by atoms with Crippen molar-refractivity contribution in [2.24, 2.45) is 5.41 Å². The lowest BCUT2D eigenvalue weighted by Crippen LogP contribution is -2.62. The van der Waals surface area contributed by atoms with Gasteiger partial charge in [-0.15, -0.1) is 10.2 Å². The van der Waals surface area contributed by atoms with Gasteiger partial charge < -0.3 is 4.90 Å². The molecule has 170 valence electrons. The molecule has 0 radical (unpaired) electrons. The average molecular weight is 462 g/mol. The SMILES string of the molecule is Cc1nccnc1N1CC2(CC(c3nnc4n3-c3ccc(Cl)cc3CN(C3(C)CC3)C4)C2)C1. The number of halogens is 1. The molecule has 7 nitrogen and oxygen atoms in total. The Labute approximate surface area is 198 Å². The van der Waals surface area contributed by atoms with Gasteiger partial charge in [0.15, 0.2) is 5.82 Å². The van der Waals surface area contributed by atoms with E-state index in [0.29, 0.717) is 11.3 Å². The number of fused-ring (bicyclic) bond motifs is 3. The van der Waals surface area contributed by atoms with Crippen molar-refractivity contribution >= 4 is 17.4 Å². The van der Waals surface area contributed by atoms with Crippen LogP contribution in [-0.4, -0.2) is 48.3 Å². The zero-order valence-electron chi connectivity index (χ0n) is 19.1. The van der Waals surface area contributed by atoms with Gasteiger partial charge in [-0.1, -0.05) is 11.6 Å². The summed E-state index contributed by atoms with van der Waals surface area (Å²) in [6.45, 7) is 8.27. The van der Waals surface area contributed by atoms with E-state index in [2.05, 4.69) is 43.4 Å². The fourth-order valence-corrected chi connectivity index (χ4v) is 6.41. The zero-order chi connectivity index (χ0) is 22.4. The minimum Gasteiger partial charge on any atom is -0.354 e. The highest BCUT2D eigenvalue weighted by Crippen LogP contribution is 2.57. The van der Waals surface area contributed by atoms with E-state index in [9.17, 15) is 0 Å². The molecule has 7 rings (SSSR count). The largest absolute Gasteiger partial charge is 0.354 e. The van der Waals surface area contributed by atoms with Crippen molar-refractivity contribution in [3.05, 3.63) is 58.5 Å². The molecule has 0 atom stereocenters. The fraction of sp³-hybridized carbons (Fsp3) is 0.520. The molecule has 3 aromatic rings. The third-order valence-electron chi connectivity index (χ3n) is 8.40. The topological polar surface area (TPSA) is 63.0 Å². The highest BCUT2D eigenvalue weighted by Gasteiger charge is 2.55. The minimum atomic E-state index is 0.273. The predicted molar refractivity (Wildman–Crippen MR) is 127 cm³/mol. The first-order valence-corrected chi connectivity index (χ1v) is 12.3. The second kappa shape index (κ2) is 6.76. The molecule has 1 spiro atoms. The maximum Gasteiger partial charge on any atom is 0.151 e. The Hall–Kier alpha value is -2.51. The van der Waals surface area contributed by atoms with Gasteiger partial charge in [0, 0.05) is 53.9 Å². The second-order valence-electron chi connectivity index (χ2n) is 10.9. The molecule has 0 N–H and O–H groups in total. The maximum atomic E-state index is 6.42. The monoisotopic (exact) mass is 461 g/mol. The first-order chi connectivity index (χ1) is 15.9. The van der Waals surface area contributed by atoms with E-state index in [1.54, 1.807) is 12.4 Å². The fourth-order valence-electron chi connectivity index (χ4n) is 6.22. The lowest BCUT2D eigenvalue weighted by atomic mass is 9.57. The summed E-state index contributed by atoms with van der Waals surface area (Å²) in [5.41, 5.74) is 4.14. The van der Waals surface area contributed by atoms with Gasteiger partial charge in [-0.3, -0.25) is 14.5 Å². The van der Waals surface area contributed by atoms with Crippen LogP contribution >= 0.6 is 11.6 Å². The van der Waals surface area contributed by atoms with E-state index in [-0.39, 0.29) is 5.54 Å². The summed E-state index contributed by atoms with van der Waals surface area (Å²) in [6.07, 6.45) is 8.36. The van der Waals surface area contributed by atoms with Gasteiger partial charge in [0.25, 0.3) is 0 Å². The molecular weight excluding hydrogens is 434 g/mol. The van der Waals surface area contributed by atoms with Crippen molar-refractivity contribution in [3.63, 3.8) is 0 Å². The molecule has 33 heavy (non-hydrogen) atoms. The molecule has 8 heteroatoms. The van der Waals surface area contributed by atoms with Crippen molar-refractivity contribution in [1.82, 2.24) is 29.6 Å². The van der Waals surface area contributed by atoms with Crippen LogP contribution in [0.1, 0.15) is 61.4 Å². The number of aryl methyl sites for hydroxylation is 1. The summed E-state index contributed by atoms with van der Waals surface area (Å²) < 4.78 is 2.35. The Balaban J connectivity index is 1.16. The van der Waals surface area contributed by atoms with Crippen LogP contribution in [0, 0.1) is 12.3 Å². The van der Waals surface area contributed by atoms with Crippen LogP contribution in [0.15, 0.2) is 30.6 Å². The van der Waals surface area contributed by atoms with Crippen LogP contribution in [-0.2, 0) is 13.1 Å². The molecule has 1 saturated heterocycles. The number of hydrogen-bond acceptors (Lipinski definition) is 6. The summed E-state index contributed by atoms with van der Waals surface area (Å²) in [4.78, 5) is 13.9. The van der Waals surface area contributed by atoms with Crippen LogP contribution in [0.3, 0.4) is 0 Å². The van der Waals surface area contributed by atoms with Gasteiger partial charge in [0.2, 0.25) is 0 Å². The molecule has 2 aliphatic carbocycles. The van der Waals surface area contributed by atoms with Crippen LogP contribution in [0.2, 0.25) is 5.02 Å². The van der Waals surface area contributed by atoms with E-state index >= 15 is 0 Å². The van der Waals surface area contributed by atoms with E-state index in [1.807, 2.05) is 13.0 Å². The van der Waals surface area contributed by atoms with Crippen molar-refractivity contribution in [2.75, 3.05) is 18.0 Å². The highest BCUT2D eigenvalue weighted by molar-refractivity contribution is 6.30. The van der Waals surface area contributed by atoms with Crippen LogP contribution in [0.5, 0.6) is 0 Å². The molecule has 2 aromatic heterocycles. The molecule has 1 aromatic carbocycles. The number of aromatic nitrogens is 5. The number of hydrogen-bond donors (Lipinski definition) is 0. The normalized spacial score (nSPS) is 22.8. The van der Waals surface area contributed by atoms with Gasteiger partial charge in [-0.2, -0.15) is 0 Å². The standard InChI is InChI=1S/C25H28ClN7/c1-16-22(28-8-7-27-16)31-14-25(15-31)10-18(11-25)23-30-29-21-13-32(24(2)5-6-24)12-17-9-19(26)3-4-20(17)33(21)23/h3-4,7-9,18H,5-6,10-15H2,1-2H3. The Kier molecular flexibility index (Phi) is 4.08. The average Bonchev–Trinajstić information content (AvgIpc) is 3.40. The molecule has 2 saturated carbocycles. The zero-order valence-corrected chi connectivity index (χ0v) is 19.9. The Bertz CT molecular complexity index is 1250. The summed E-state index contributed by atoms with van der Waals surface area (Å²) in [6, 6.07) is 6.28. The summed E-state index contributed by atoms with van der Waals surface area (Å²) in [5.74, 6) is 3.66. The summed E-state index contributed by atoms with van der Waals surface area (Å²) >= 11 is 6.42. The van der Waals surface area contributed by atoms with E-state index in [1.165, 1.54) is 24.1 Å². The molecule has 4 aliphatic rings. The quantitative estimate of drug-likeness (QED) is 0.580. The molecule has 0 unspecified atom stereocenters. The number of rotatable bonds is 3. The third-order valence-corrected chi connectivity index (χ3v) is 8.63. The number of benzene rings is 1. The summed E-state index contributed by atoms with van der Waals surface area (Å²) in [5, 5.41) is 10.3. The summed E-state index contributed by atoms with van der Waals surface area (Å²) in [7, 11) is 0. The van der Waals surface area contributed by atoms with E-state index < -0.39 is 0 Å². The first kappa shape index (κ1) is 19.9. The third kappa shape index (κ3) is 3.05. The molecule has 3 fully saturated rings. The predicted octanol–water partition coefficient (Wildman–Crippen LogP) is 4.27. The lowest BCUT2D eigenvalue weighted by Gasteiger charge is -2.59. The maximum absolute atomic E-state index is 6.42. The van der Waals surface area contributed by atoms with Gasteiger partial charge in [-0.25, -0.2) is 4.98 Å². The van der Waals surface area contributed by atoms with Crippen molar-refractivity contribution in [1.29, 1.82) is 0 Å². The molecule has 0 amide bonds. The first-order valence-electron chi connectivity index (χ1n) is 11.9. The second-order valence-corrected chi connectivity index (χ2v) is 11.3. The Morgan fingerprint density at radius 1 is 1.03 bits per heavy atom. The lowest BCUT2D eigenvalue weighted by molar-refractivity contribution is 0.0580. The molecule has 0 bridgehead atoms. The van der Waals surface area contributed by atoms with Gasteiger partial charge in [-0.05, 0) is 63.3 Å². The van der Waals surface area contributed by atoms with Crippen LogP contribution in [0.25, 0.3) is 5.69 Å². The number of nitrogens with zero attached hydrogens (tertiary/aromatic N) is 7. The smallest absolute Gasteiger partial charge is 0.151 e. The van der Waals surface area contributed by atoms with E-state index in [0.717, 1.165) is 67.2 Å². The molecular formula is C25H28ClN7. The number of anilines is 1. The van der Waals surface area contributed by atoms with Gasteiger partial charge in [0.05, 0.1) is 17.9 Å². The van der Waals surface area contributed by atoms with Crippen molar-refractivity contribution in [2.45, 2.75) is 64.1 Å². The van der Waals surface area contributed by atoms with E-state index in [4.69, 9.17) is 21.8 Å². The van der Waals surface area contributed by atoms with Crippen molar-refractivity contribution < 1.29 is 0 Å². The molecule has 4 heterocycles. The highest BCUT2D eigenvalue weighted by atomic mass is 35.5. The Morgan fingerprint density at radius 2 is 1.82 bits per heavy atom. The van der Waals surface area contributed by atoms with Gasteiger partial charge in [0.1, 0.15) is 11.6 Å². The molecule has 2 aliphatic heterocycles. The van der Waals surface area contributed by atoms with Crippen LogP contribution in [0.4, 0.5) is 5.82 Å². The Morgan fingerprint density at radius 3 is 2.58 bits per heavy atom. The van der Waals surface area contributed by atoms with Crippen molar-refractivity contribution in [3.8, 4) is 5.69 Å². The minimum absolute atomic E-state index is 0.273. The van der Waals surface area contributed by atoms with Gasteiger partial charge >= 0.3 is 0 Å². The van der Waals surface area contributed by atoms with Crippen LogP contribution < -0.4 is 4.90 Å².